The number of halogens is 3. The number of nitrogens with two attached hydrogens (primary N) is 1. The first-order valence-electron chi connectivity index (χ1n) is 12.3. The number of thiophene rings is 1. The van der Waals surface area contributed by atoms with Crippen LogP contribution in [0.4, 0.5) is 19.1 Å². The van der Waals surface area contributed by atoms with E-state index in [1.807, 2.05) is 6.92 Å². The smallest absolute Gasteiger partial charge is 0.390 e. The first-order chi connectivity index (χ1) is 18.5. The molecule has 4 rings (SSSR count). The molecule has 0 aliphatic carbocycles. The number of piperidine rings is 1. The van der Waals surface area contributed by atoms with E-state index in [0.29, 0.717) is 17.5 Å². The fourth-order valence-electron chi connectivity index (χ4n) is 4.51. The molecular weight excluding hydrogens is 571 g/mol. The molecule has 0 spiro atoms. The van der Waals surface area contributed by atoms with Crippen molar-refractivity contribution >= 4 is 33.2 Å². The molecule has 1 aliphatic rings. The number of carbonyl (C=O) groups excluding carboxylic acids is 1. The van der Waals surface area contributed by atoms with Crippen molar-refractivity contribution in [2.24, 2.45) is 18.7 Å². The van der Waals surface area contributed by atoms with Crippen LogP contribution in [0.15, 0.2) is 29.6 Å². The van der Waals surface area contributed by atoms with Gasteiger partial charge >= 0.3 is 6.18 Å². The molecule has 4 heterocycles. The highest BCUT2D eigenvalue weighted by atomic mass is 32.2. The summed E-state index contributed by atoms with van der Waals surface area (Å²) < 4.78 is 70.5. The van der Waals surface area contributed by atoms with E-state index in [1.54, 1.807) is 7.05 Å². The maximum absolute atomic E-state index is 13.9. The molecule has 1 amide bonds. The quantitative estimate of drug-likeness (QED) is 0.356. The molecule has 16 heteroatoms. The second-order valence-electron chi connectivity index (χ2n) is 10.5. The lowest BCUT2D eigenvalue weighted by Gasteiger charge is -2.36. The van der Waals surface area contributed by atoms with Gasteiger partial charge in [0.05, 0.1) is 27.9 Å². The van der Waals surface area contributed by atoms with Crippen LogP contribution in [-0.4, -0.2) is 68.2 Å². The molecule has 0 aromatic carbocycles. The molecule has 218 valence electrons. The highest BCUT2D eigenvalue weighted by Crippen LogP contribution is 2.40. The molecule has 3 aromatic heterocycles. The van der Waals surface area contributed by atoms with Crippen molar-refractivity contribution < 1.29 is 31.5 Å². The minimum absolute atomic E-state index is 0.00548. The Kier molecular flexibility index (Phi) is 8.01. The summed E-state index contributed by atoms with van der Waals surface area (Å²) in [4.78, 5) is 20.6. The van der Waals surface area contributed by atoms with Gasteiger partial charge in [0.1, 0.15) is 10.5 Å². The number of amides is 1. The molecule has 11 nitrogen and oxygen atoms in total. The third kappa shape index (κ3) is 6.45. The van der Waals surface area contributed by atoms with Gasteiger partial charge in [-0.05, 0) is 32.3 Å². The molecule has 2 atom stereocenters. The van der Waals surface area contributed by atoms with Crippen LogP contribution in [0.1, 0.15) is 48.0 Å². The number of primary amides is 1. The largest absolute Gasteiger partial charge is 0.420 e. The fourth-order valence-corrected chi connectivity index (χ4v) is 7.44. The maximum Gasteiger partial charge on any atom is 0.420 e. The second kappa shape index (κ2) is 10.7. The third-order valence-electron chi connectivity index (χ3n) is 6.50. The Labute approximate surface area is 233 Å². The Balaban J connectivity index is 1.61. The van der Waals surface area contributed by atoms with Crippen LogP contribution in [0.5, 0.6) is 0 Å². The van der Waals surface area contributed by atoms with Gasteiger partial charge in [-0.1, -0.05) is 6.92 Å². The Hall–Kier alpha value is -3.08. The number of carbonyl (C=O) groups is 1. The Morgan fingerprint density at radius 2 is 2.00 bits per heavy atom. The molecular formula is C24H30F3N7O4S2. The number of aromatic nitrogens is 4. The van der Waals surface area contributed by atoms with Gasteiger partial charge < -0.3 is 16.2 Å². The third-order valence-corrected chi connectivity index (χ3v) is 9.46. The average Bonchev–Trinajstić information content (AvgIpc) is 3.45. The van der Waals surface area contributed by atoms with Gasteiger partial charge in [-0.15, -0.1) is 11.3 Å². The summed E-state index contributed by atoms with van der Waals surface area (Å²) in [6.07, 6.45) is -1.03. The van der Waals surface area contributed by atoms with Crippen LogP contribution >= 0.6 is 11.3 Å². The minimum Gasteiger partial charge on any atom is -0.390 e. The second-order valence-corrected chi connectivity index (χ2v) is 13.6. The minimum atomic E-state index is -4.78. The topological polar surface area (TPSA) is 156 Å². The zero-order valence-corrected chi connectivity index (χ0v) is 23.9. The van der Waals surface area contributed by atoms with E-state index >= 15 is 0 Å². The molecule has 1 saturated heterocycles. The standard InChI is InChI=1S/C24H30F3N7O4S2/c1-13-11-34(40(37,38)14-9-30-33(4)12-14)6-5-17(13)31-22-29-10-16(24(25,26)27)20(32-22)18-7-15(21(28)35)19(39-18)8-23(2,3)36/h7,9-10,12-13,17,36H,5-6,8,11H2,1-4H3,(H2,28,35)(H,29,31,32)/t13-,17+/m1/s1. The first kappa shape index (κ1) is 29.9. The van der Waals surface area contributed by atoms with Crippen LogP contribution in [0.25, 0.3) is 10.6 Å². The van der Waals surface area contributed by atoms with Crippen LogP contribution in [0, 0.1) is 5.92 Å². The molecule has 40 heavy (non-hydrogen) atoms. The Morgan fingerprint density at radius 1 is 1.30 bits per heavy atom. The zero-order valence-electron chi connectivity index (χ0n) is 22.2. The number of rotatable bonds is 8. The van der Waals surface area contributed by atoms with Gasteiger partial charge in [-0.25, -0.2) is 18.4 Å². The van der Waals surface area contributed by atoms with Gasteiger partial charge in [0.2, 0.25) is 21.9 Å². The number of anilines is 1. The number of aryl methyl sites for hydroxylation is 1. The molecule has 1 aliphatic heterocycles. The molecule has 0 bridgehead atoms. The summed E-state index contributed by atoms with van der Waals surface area (Å²) in [6, 6.07) is 0.931. The molecule has 1 fully saturated rings. The van der Waals surface area contributed by atoms with Gasteiger partial charge in [-0.3, -0.25) is 9.48 Å². The van der Waals surface area contributed by atoms with E-state index in [-0.39, 0.29) is 52.8 Å². The number of sulfonamides is 1. The number of nitrogens with one attached hydrogen (secondary N) is 1. The zero-order chi connectivity index (χ0) is 29.6. The van der Waals surface area contributed by atoms with Crippen LogP contribution in [0.2, 0.25) is 0 Å². The van der Waals surface area contributed by atoms with Gasteiger partial charge in [0.25, 0.3) is 0 Å². The van der Waals surface area contributed by atoms with E-state index in [4.69, 9.17) is 5.73 Å². The Bertz CT molecular complexity index is 1510. The molecule has 0 saturated carbocycles. The maximum atomic E-state index is 13.9. The van der Waals surface area contributed by atoms with Gasteiger partial charge in [0.15, 0.2) is 0 Å². The van der Waals surface area contributed by atoms with Crippen molar-refractivity contribution in [2.45, 2.75) is 56.3 Å². The van der Waals surface area contributed by atoms with Crippen molar-refractivity contribution in [1.29, 1.82) is 0 Å². The van der Waals surface area contributed by atoms with Crippen LogP contribution in [-0.2, 0) is 29.7 Å². The van der Waals surface area contributed by atoms with Crippen LogP contribution < -0.4 is 11.1 Å². The van der Waals surface area contributed by atoms with E-state index in [1.165, 1.54) is 41.3 Å². The summed E-state index contributed by atoms with van der Waals surface area (Å²) in [5, 5.41) is 17.2. The van der Waals surface area contributed by atoms with Gasteiger partial charge in [0, 0.05) is 49.9 Å². The van der Waals surface area contributed by atoms with Crippen molar-refractivity contribution in [3.63, 3.8) is 0 Å². The predicted molar refractivity (Wildman–Crippen MR) is 142 cm³/mol. The summed E-state index contributed by atoms with van der Waals surface area (Å²) in [6.45, 7) is 5.21. The molecule has 0 unspecified atom stereocenters. The number of hydrogen-bond donors (Lipinski definition) is 3. The van der Waals surface area contributed by atoms with Crippen molar-refractivity contribution in [3.8, 4) is 10.6 Å². The number of hydrogen-bond acceptors (Lipinski definition) is 9. The van der Waals surface area contributed by atoms with Crippen LogP contribution in [0.3, 0.4) is 0 Å². The van der Waals surface area contributed by atoms with E-state index < -0.39 is 39.0 Å². The van der Waals surface area contributed by atoms with Crippen molar-refractivity contribution in [1.82, 2.24) is 24.1 Å². The summed E-state index contributed by atoms with van der Waals surface area (Å²) in [7, 11) is -2.13. The van der Waals surface area contributed by atoms with E-state index in [0.717, 1.165) is 11.3 Å². The summed E-state index contributed by atoms with van der Waals surface area (Å²) in [5.41, 5.74) is 2.73. The number of alkyl halides is 3. The summed E-state index contributed by atoms with van der Waals surface area (Å²) >= 11 is 0.897. The highest BCUT2D eigenvalue weighted by Gasteiger charge is 2.38. The molecule has 0 radical (unpaired) electrons. The molecule has 4 N–H and O–H groups in total. The van der Waals surface area contributed by atoms with Crippen molar-refractivity contribution in [2.75, 3.05) is 18.4 Å². The number of nitrogens with zero attached hydrogens (tertiary/aromatic N) is 5. The lowest BCUT2D eigenvalue weighted by Crippen LogP contribution is -2.47. The summed E-state index contributed by atoms with van der Waals surface area (Å²) in [5.74, 6) is -1.12. The van der Waals surface area contributed by atoms with E-state index in [9.17, 15) is 31.5 Å². The highest BCUT2D eigenvalue weighted by molar-refractivity contribution is 7.89. The predicted octanol–water partition coefficient (Wildman–Crippen LogP) is 2.88. The molecule has 3 aromatic rings. The number of aliphatic hydroxyl groups is 1. The average molecular weight is 602 g/mol. The lowest BCUT2D eigenvalue weighted by molar-refractivity contribution is -0.137. The monoisotopic (exact) mass is 601 g/mol. The normalized spacial score (nSPS) is 19.1. The first-order valence-corrected chi connectivity index (χ1v) is 14.6. The van der Waals surface area contributed by atoms with E-state index in [2.05, 4.69) is 20.4 Å². The van der Waals surface area contributed by atoms with Gasteiger partial charge in [-0.2, -0.15) is 22.6 Å². The fraction of sp³-hybridized carbons (Fsp3) is 0.500. The SMILES string of the molecule is C[C@@H]1CN(S(=O)(=O)c2cnn(C)c2)CC[C@@H]1Nc1ncc(C(F)(F)F)c(-c2cc(C(N)=O)c(CC(C)(C)O)s2)n1. The Morgan fingerprint density at radius 3 is 2.55 bits per heavy atom. The van der Waals surface area contributed by atoms with Crippen molar-refractivity contribution in [3.05, 3.63) is 40.7 Å². The lowest BCUT2D eigenvalue weighted by atomic mass is 9.95.